The molecule has 198 valence electrons. The molecule has 2 heterocycles. The standard InChI is InChI=1S/C20H25N3O.C4H10O.CHCl3.CH4O/c1-4-23(5-2)20(24)14-9-16-15-7-6-8-17-19(15)13(11-21-17)10-18(16)22(3)12-14;1-2-3-4-5;2-1(3)4;1-2/h6-9,11,14,18,21H,4-5,10,12H2,1-3H3;5H,2-4H2,1H3;1H;2H,1H3/t14-,18-;;;/m1.../s1. The van der Waals surface area contributed by atoms with Crippen molar-refractivity contribution in [1.29, 1.82) is 0 Å². The normalized spacial score (nSPS) is 18.2. The molecular formula is C26H40Cl3N3O3. The van der Waals surface area contributed by atoms with Crippen LogP contribution in [0.25, 0.3) is 16.5 Å². The van der Waals surface area contributed by atoms with Gasteiger partial charge in [-0.2, -0.15) is 0 Å². The Hall–Kier alpha value is -1.28. The van der Waals surface area contributed by atoms with Crippen LogP contribution >= 0.6 is 34.8 Å². The predicted octanol–water partition coefficient (Wildman–Crippen LogP) is 5.28. The Balaban J connectivity index is 0.000000475. The van der Waals surface area contributed by atoms with E-state index in [1.165, 1.54) is 27.6 Å². The van der Waals surface area contributed by atoms with Crippen molar-refractivity contribution in [3.05, 3.63) is 41.6 Å². The van der Waals surface area contributed by atoms with E-state index in [-0.39, 0.29) is 11.8 Å². The van der Waals surface area contributed by atoms with Crippen molar-refractivity contribution in [3.8, 4) is 0 Å². The highest BCUT2D eigenvalue weighted by Crippen LogP contribution is 2.40. The molecule has 0 saturated carbocycles. The SMILES string of the molecule is CCCCO.CCN(CC)C(=O)[C@@H]1C=C2c3cccc4[nH]cc(c34)C[C@H]2N(C)C1.CO.ClC(Cl)Cl. The van der Waals surface area contributed by atoms with Gasteiger partial charge in [-0.05, 0) is 56.5 Å². The van der Waals surface area contributed by atoms with Crippen molar-refractivity contribution in [1.82, 2.24) is 14.8 Å². The van der Waals surface area contributed by atoms with Gasteiger partial charge in [0.1, 0.15) is 0 Å². The van der Waals surface area contributed by atoms with Gasteiger partial charge in [-0.3, -0.25) is 9.69 Å². The molecule has 6 nitrogen and oxygen atoms in total. The Morgan fingerprint density at radius 3 is 2.34 bits per heavy atom. The Labute approximate surface area is 224 Å². The van der Waals surface area contributed by atoms with Crippen LogP contribution in [0, 0.1) is 5.92 Å². The minimum atomic E-state index is -0.750. The third-order valence-corrected chi connectivity index (χ3v) is 6.17. The van der Waals surface area contributed by atoms with Gasteiger partial charge in [0, 0.05) is 56.5 Å². The Morgan fingerprint density at radius 1 is 1.20 bits per heavy atom. The number of likely N-dealkylation sites (N-methyl/N-ethyl adjacent to an activating group) is 1. The maximum absolute atomic E-state index is 12.9. The van der Waals surface area contributed by atoms with Gasteiger partial charge in [0.25, 0.3) is 0 Å². The van der Waals surface area contributed by atoms with E-state index in [4.69, 9.17) is 45.0 Å². The first-order valence-corrected chi connectivity index (χ1v) is 13.4. The van der Waals surface area contributed by atoms with Gasteiger partial charge in [-0.15, -0.1) is 0 Å². The number of fused-ring (bicyclic) bond motifs is 2. The zero-order chi connectivity index (χ0) is 26.5. The van der Waals surface area contributed by atoms with Gasteiger partial charge >= 0.3 is 0 Å². The maximum Gasteiger partial charge on any atom is 0.230 e. The number of nitrogens with zero attached hydrogens (tertiary/aromatic N) is 2. The summed E-state index contributed by atoms with van der Waals surface area (Å²) >= 11 is 14.4. The van der Waals surface area contributed by atoms with E-state index in [0.29, 0.717) is 12.6 Å². The summed E-state index contributed by atoms with van der Waals surface area (Å²) in [6.45, 7) is 8.86. The molecule has 1 aromatic carbocycles. The number of nitrogens with one attached hydrogen (secondary N) is 1. The van der Waals surface area contributed by atoms with Crippen molar-refractivity contribution in [2.24, 2.45) is 5.92 Å². The van der Waals surface area contributed by atoms with Gasteiger partial charge in [-0.1, -0.05) is 66.4 Å². The summed E-state index contributed by atoms with van der Waals surface area (Å²) in [6, 6.07) is 6.82. The average Bonchev–Trinajstić information content (AvgIpc) is 3.26. The monoisotopic (exact) mass is 547 g/mol. The first-order valence-electron chi connectivity index (χ1n) is 12.1. The molecule has 1 aromatic heterocycles. The third-order valence-electron chi connectivity index (χ3n) is 6.17. The summed E-state index contributed by atoms with van der Waals surface area (Å²) in [4.78, 5) is 20.6. The van der Waals surface area contributed by atoms with Crippen molar-refractivity contribution >= 4 is 57.2 Å². The number of halogens is 3. The van der Waals surface area contributed by atoms with Crippen LogP contribution in [0.15, 0.2) is 30.5 Å². The fourth-order valence-electron chi connectivity index (χ4n) is 4.53. The number of hydrogen-bond donors (Lipinski definition) is 3. The molecule has 35 heavy (non-hydrogen) atoms. The summed E-state index contributed by atoms with van der Waals surface area (Å²) < 4.78 is -0.750. The summed E-state index contributed by atoms with van der Waals surface area (Å²) in [6.07, 6.45) is 7.45. The molecule has 1 aliphatic carbocycles. The largest absolute Gasteiger partial charge is 0.400 e. The maximum atomic E-state index is 12.9. The van der Waals surface area contributed by atoms with E-state index in [9.17, 15) is 4.79 Å². The van der Waals surface area contributed by atoms with Gasteiger partial charge < -0.3 is 20.1 Å². The number of carbonyl (C=O) groups is 1. The lowest BCUT2D eigenvalue weighted by Crippen LogP contribution is -2.47. The second kappa shape index (κ2) is 16.5. The third kappa shape index (κ3) is 8.66. The fraction of sp³-hybridized carbons (Fsp3) is 0.577. The number of carbonyl (C=O) groups excluding carboxylic acids is 1. The molecule has 0 fully saturated rings. The number of rotatable bonds is 5. The number of alkyl halides is 3. The van der Waals surface area contributed by atoms with Crippen LogP contribution in [0.4, 0.5) is 0 Å². The molecule has 1 amide bonds. The zero-order valence-corrected chi connectivity index (χ0v) is 23.7. The topological polar surface area (TPSA) is 79.8 Å². The van der Waals surface area contributed by atoms with Crippen LogP contribution in [-0.4, -0.2) is 81.6 Å². The Morgan fingerprint density at radius 2 is 1.83 bits per heavy atom. The van der Waals surface area contributed by atoms with Crippen molar-refractivity contribution in [2.45, 2.75) is 50.4 Å². The molecule has 0 unspecified atom stereocenters. The average molecular weight is 549 g/mol. The van der Waals surface area contributed by atoms with E-state index in [1.54, 1.807) is 0 Å². The van der Waals surface area contributed by atoms with Crippen LogP contribution in [-0.2, 0) is 11.2 Å². The summed E-state index contributed by atoms with van der Waals surface area (Å²) in [5, 5.41) is 16.4. The van der Waals surface area contributed by atoms with Crippen molar-refractivity contribution in [2.75, 3.05) is 40.4 Å². The lowest BCUT2D eigenvalue weighted by atomic mass is 9.79. The molecule has 0 saturated heterocycles. The predicted molar refractivity (Wildman–Crippen MR) is 149 cm³/mol. The van der Waals surface area contributed by atoms with Gasteiger partial charge in [-0.25, -0.2) is 0 Å². The lowest BCUT2D eigenvalue weighted by molar-refractivity contribution is -0.134. The van der Waals surface area contributed by atoms with Gasteiger partial charge in [0.15, 0.2) is 4.30 Å². The van der Waals surface area contributed by atoms with Gasteiger partial charge in [0.05, 0.1) is 5.92 Å². The first-order chi connectivity index (χ1) is 16.8. The Bertz CT molecular complexity index is 924. The van der Waals surface area contributed by atoms with Crippen LogP contribution in [0.5, 0.6) is 0 Å². The summed E-state index contributed by atoms with van der Waals surface area (Å²) in [7, 11) is 3.15. The molecule has 0 bridgehead atoms. The van der Waals surface area contributed by atoms with Crippen molar-refractivity contribution < 1.29 is 15.0 Å². The number of aromatic amines is 1. The van der Waals surface area contributed by atoms with E-state index >= 15 is 0 Å². The highest BCUT2D eigenvalue weighted by Gasteiger charge is 2.36. The smallest absolute Gasteiger partial charge is 0.230 e. The number of amides is 1. The summed E-state index contributed by atoms with van der Waals surface area (Å²) in [5.74, 6) is 0.210. The number of aliphatic hydroxyl groups excluding tert-OH is 2. The molecule has 9 heteroatoms. The molecule has 0 spiro atoms. The number of hydrogen-bond acceptors (Lipinski definition) is 4. The van der Waals surface area contributed by atoms with Gasteiger partial charge in [0.2, 0.25) is 5.91 Å². The Kier molecular flexibility index (Phi) is 14.9. The molecule has 4 rings (SSSR count). The summed E-state index contributed by atoms with van der Waals surface area (Å²) in [5.41, 5.74) is 5.21. The molecular weight excluding hydrogens is 509 g/mol. The number of H-pyrrole nitrogens is 1. The number of benzene rings is 1. The van der Waals surface area contributed by atoms with Crippen LogP contribution < -0.4 is 0 Å². The highest BCUT2D eigenvalue weighted by atomic mass is 35.6. The number of unbranched alkanes of at least 4 members (excludes halogenated alkanes) is 1. The highest BCUT2D eigenvalue weighted by molar-refractivity contribution is 6.63. The van der Waals surface area contributed by atoms with E-state index in [0.717, 1.165) is 46.0 Å². The molecule has 2 aromatic rings. The minimum Gasteiger partial charge on any atom is -0.400 e. The fourth-order valence-corrected chi connectivity index (χ4v) is 4.53. The quantitative estimate of drug-likeness (QED) is 0.444. The van der Waals surface area contributed by atoms with E-state index in [2.05, 4.69) is 68.2 Å². The first kappa shape index (κ1) is 31.7. The van der Waals surface area contributed by atoms with E-state index in [1.807, 2.05) is 4.90 Å². The molecule has 1 aliphatic heterocycles. The number of aliphatic hydroxyl groups is 2. The molecule has 2 atom stereocenters. The van der Waals surface area contributed by atoms with Crippen LogP contribution in [0.2, 0.25) is 0 Å². The van der Waals surface area contributed by atoms with E-state index < -0.39 is 4.30 Å². The second-order valence-corrected chi connectivity index (χ2v) is 10.2. The lowest BCUT2D eigenvalue weighted by Gasteiger charge is -2.40. The van der Waals surface area contributed by atoms with Crippen LogP contribution in [0.3, 0.4) is 0 Å². The molecule has 2 aliphatic rings. The molecule has 3 N–H and O–H groups in total. The minimum absolute atomic E-state index is 0.0445. The second-order valence-electron chi connectivity index (χ2n) is 8.27. The van der Waals surface area contributed by atoms with Crippen LogP contribution in [0.1, 0.15) is 44.7 Å². The zero-order valence-electron chi connectivity index (χ0n) is 21.4. The number of aromatic nitrogens is 1. The molecule has 0 radical (unpaired) electrons. The van der Waals surface area contributed by atoms with Crippen molar-refractivity contribution in [3.63, 3.8) is 0 Å².